The molecule has 1 amide bonds. The van der Waals surface area contributed by atoms with Gasteiger partial charge in [-0.25, -0.2) is 0 Å². The number of rotatable bonds is 4. The lowest BCUT2D eigenvalue weighted by atomic mass is 9.81. The minimum Gasteiger partial charge on any atom is -0.462 e. The number of fused-ring (bicyclic) bond motifs is 2. The van der Waals surface area contributed by atoms with E-state index in [9.17, 15) is 65.8 Å². The first-order valence-corrected chi connectivity index (χ1v) is 23.6. The standard InChI is InChI=1S/C49H76N2O17/c1-29-15-13-11-9-7-5-3-4-6-8-10-12-14-16-36(67-48-46(62)45(50)41(60)28-65-48)25-42-44(47(63)51-31-20-33(53)21-31)40(59)27-49(64,68-42)26-35(55)23-39(58)37(56)18-17-32(52)22-34(54)24-43(61)66-30(2)19-38(29)57/h3-16,29-42,44-46,48,52-60,62,64H,17-28,50H2,1-2H3,(H,51,63)/b4-3+,7-5+,8-6+,11-9+,12-10+,15-13+,16-14+/t29-,30-,31?,32?,33?,34?,35-,36?,37?,38-,39?,40-,41+,42-,44?,45-,46+,48-,49?/m0/s1. The molecule has 0 aromatic heterocycles. The number of carbonyl (C=O) groups is 2. The molecule has 19 heteroatoms. The summed E-state index contributed by atoms with van der Waals surface area (Å²) < 4.78 is 23.3. The van der Waals surface area contributed by atoms with Crippen LogP contribution in [0.2, 0.25) is 0 Å². The average Bonchev–Trinajstić information content (AvgIpc) is 3.23. The Morgan fingerprint density at radius 3 is 1.88 bits per heavy atom. The molecule has 1 saturated carbocycles. The van der Waals surface area contributed by atoms with Crippen LogP contribution in [0.5, 0.6) is 0 Å². The van der Waals surface area contributed by atoms with Crippen molar-refractivity contribution in [2.75, 3.05) is 6.61 Å². The molecule has 3 aliphatic heterocycles. The number of cyclic esters (lactones) is 1. The fraction of sp³-hybridized carbons (Fsp3) is 0.673. The van der Waals surface area contributed by atoms with Crippen LogP contribution in [-0.2, 0) is 28.5 Å². The largest absolute Gasteiger partial charge is 0.462 e. The van der Waals surface area contributed by atoms with Gasteiger partial charge in [0, 0.05) is 44.1 Å². The van der Waals surface area contributed by atoms with Crippen molar-refractivity contribution in [3.8, 4) is 0 Å². The fourth-order valence-electron chi connectivity index (χ4n) is 8.51. The van der Waals surface area contributed by atoms with Crippen LogP contribution in [0.25, 0.3) is 0 Å². The Bertz CT molecular complexity index is 1750. The van der Waals surface area contributed by atoms with E-state index in [-0.39, 0.29) is 50.7 Å². The summed E-state index contributed by atoms with van der Waals surface area (Å²) in [4.78, 5) is 26.3. The number of nitrogens with one attached hydrogen (secondary N) is 1. The molecule has 0 aromatic carbocycles. The first-order chi connectivity index (χ1) is 32.2. The van der Waals surface area contributed by atoms with Gasteiger partial charge in [-0.1, -0.05) is 92.0 Å². The lowest BCUT2D eigenvalue weighted by molar-refractivity contribution is -0.304. The zero-order chi connectivity index (χ0) is 50.0. The van der Waals surface area contributed by atoms with Crippen molar-refractivity contribution < 1.29 is 84.7 Å². The van der Waals surface area contributed by atoms with E-state index < -0.39 is 141 Å². The van der Waals surface area contributed by atoms with Gasteiger partial charge in [-0.2, -0.15) is 0 Å². The van der Waals surface area contributed by atoms with Crippen LogP contribution in [0.4, 0.5) is 0 Å². The van der Waals surface area contributed by atoms with Crippen LogP contribution >= 0.6 is 0 Å². The number of hydrogen-bond donors (Lipinski definition) is 13. The highest BCUT2D eigenvalue weighted by molar-refractivity contribution is 5.80. The average molecular weight is 965 g/mol. The summed E-state index contributed by atoms with van der Waals surface area (Å²) in [6.45, 7) is 3.20. The van der Waals surface area contributed by atoms with Gasteiger partial charge in [-0.3, -0.25) is 9.59 Å². The maximum atomic E-state index is 13.8. The molecule has 0 radical (unpaired) electrons. The van der Waals surface area contributed by atoms with E-state index in [0.29, 0.717) is 12.8 Å². The highest BCUT2D eigenvalue weighted by Crippen LogP contribution is 2.38. The van der Waals surface area contributed by atoms with E-state index >= 15 is 0 Å². The molecule has 7 unspecified atom stereocenters. The van der Waals surface area contributed by atoms with E-state index in [1.54, 1.807) is 61.6 Å². The van der Waals surface area contributed by atoms with Crippen molar-refractivity contribution >= 4 is 11.9 Å². The Balaban J connectivity index is 1.56. The summed E-state index contributed by atoms with van der Waals surface area (Å²) in [5, 5.41) is 121. The molecule has 2 bridgehead atoms. The van der Waals surface area contributed by atoms with Crippen LogP contribution in [0.15, 0.2) is 85.1 Å². The minimum absolute atomic E-state index is 0.0965. The molecule has 68 heavy (non-hydrogen) atoms. The summed E-state index contributed by atoms with van der Waals surface area (Å²) in [5.41, 5.74) is 6.00. The number of esters is 1. The zero-order valence-electron chi connectivity index (χ0n) is 38.9. The van der Waals surface area contributed by atoms with Gasteiger partial charge in [-0.15, -0.1) is 0 Å². The zero-order valence-corrected chi connectivity index (χ0v) is 38.9. The molecule has 384 valence electrons. The van der Waals surface area contributed by atoms with Crippen LogP contribution in [-0.4, -0.2) is 178 Å². The molecule has 3 fully saturated rings. The Morgan fingerprint density at radius 1 is 0.662 bits per heavy atom. The van der Waals surface area contributed by atoms with Gasteiger partial charge < -0.3 is 86.2 Å². The van der Waals surface area contributed by atoms with E-state index in [1.165, 1.54) is 0 Å². The molecule has 2 saturated heterocycles. The van der Waals surface area contributed by atoms with Gasteiger partial charge in [0.15, 0.2) is 12.1 Å². The van der Waals surface area contributed by atoms with Crippen molar-refractivity contribution in [1.29, 1.82) is 0 Å². The molecule has 4 aliphatic rings. The number of carbonyl (C=O) groups excluding carboxylic acids is 2. The maximum absolute atomic E-state index is 13.8. The summed E-state index contributed by atoms with van der Waals surface area (Å²) in [7, 11) is 0. The Morgan fingerprint density at radius 2 is 1.26 bits per heavy atom. The van der Waals surface area contributed by atoms with Gasteiger partial charge in [-0.05, 0) is 39.0 Å². The highest BCUT2D eigenvalue weighted by atomic mass is 16.7. The van der Waals surface area contributed by atoms with Crippen LogP contribution in [0.1, 0.15) is 84.5 Å². The van der Waals surface area contributed by atoms with Crippen molar-refractivity contribution in [3.63, 3.8) is 0 Å². The number of amides is 1. The predicted molar refractivity (Wildman–Crippen MR) is 247 cm³/mol. The first kappa shape index (κ1) is 57.1. The summed E-state index contributed by atoms with van der Waals surface area (Å²) in [5.74, 6) is -5.18. The number of aliphatic hydroxyl groups excluding tert-OH is 10. The molecule has 1 aliphatic carbocycles. The molecule has 3 heterocycles. The minimum atomic E-state index is -2.28. The smallest absolute Gasteiger partial charge is 0.308 e. The normalized spacial score (nSPS) is 44.9. The lowest BCUT2D eigenvalue weighted by Crippen LogP contribution is -2.60. The SMILES string of the molecule is C[C@H]1C[C@H](O)[C@@H](C)/C=C/C=C/C=C/C=C/C=C/C=C/C=C/C(O[C@@H]2OC[C@@H](O)[C@H](N)[C@H]2O)C[C@@H]2OC(O)(C[C@@H](O)CC(O)C(O)CCC(O)CC(O)CC(=O)O1)C[C@H](O)C2C(=O)NC1CC(O)C1. The first-order valence-electron chi connectivity index (χ1n) is 23.6. The van der Waals surface area contributed by atoms with E-state index in [0.717, 1.165) is 0 Å². The van der Waals surface area contributed by atoms with Gasteiger partial charge in [0.1, 0.15) is 12.2 Å². The fourth-order valence-corrected chi connectivity index (χ4v) is 8.51. The Kier molecular flexibility index (Phi) is 23.8. The monoisotopic (exact) mass is 965 g/mol. The third kappa shape index (κ3) is 19.4. The molecular weight excluding hydrogens is 889 g/mol. The van der Waals surface area contributed by atoms with Crippen LogP contribution in [0.3, 0.4) is 0 Å². The molecule has 14 N–H and O–H groups in total. The van der Waals surface area contributed by atoms with E-state index in [2.05, 4.69) is 5.32 Å². The highest BCUT2D eigenvalue weighted by Gasteiger charge is 2.51. The number of aliphatic hydroxyl groups is 11. The van der Waals surface area contributed by atoms with E-state index in [1.807, 2.05) is 37.3 Å². The number of hydrogen-bond acceptors (Lipinski definition) is 18. The second-order valence-electron chi connectivity index (χ2n) is 18.7. The van der Waals surface area contributed by atoms with Crippen molar-refractivity contribution in [1.82, 2.24) is 5.32 Å². The molecule has 0 aromatic rings. The Hall–Kier alpha value is -3.48. The van der Waals surface area contributed by atoms with Gasteiger partial charge in [0.2, 0.25) is 5.91 Å². The molecule has 17 atom stereocenters. The quantitative estimate of drug-likeness (QED) is 0.160. The summed E-state index contributed by atoms with van der Waals surface area (Å²) in [6, 6.07) is -1.49. The van der Waals surface area contributed by atoms with Crippen LogP contribution in [0, 0.1) is 11.8 Å². The second-order valence-corrected chi connectivity index (χ2v) is 18.7. The number of nitrogens with two attached hydrogens (primary N) is 1. The van der Waals surface area contributed by atoms with Gasteiger partial charge in [0.05, 0.1) is 92.1 Å². The summed E-state index contributed by atoms with van der Waals surface area (Å²) in [6.07, 6.45) is 5.62. The topological polar surface area (TPSA) is 332 Å². The second kappa shape index (κ2) is 28.4. The summed E-state index contributed by atoms with van der Waals surface area (Å²) >= 11 is 0. The number of ether oxygens (including phenoxy) is 4. The van der Waals surface area contributed by atoms with E-state index in [4.69, 9.17) is 24.7 Å². The lowest BCUT2D eigenvalue weighted by Gasteiger charge is -2.46. The third-order valence-corrected chi connectivity index (χ3v) is 12.5. The number of allylic oxidation sites excluding steroid dienone is 12. The van der Waals surface area contributed by atoms with Crippen LogP contribution < -0.4 is 11.1 Å². The van der Waals surface area contributed by atoms with Crippen molar-refractivity contribution in [2.45, 2.75) is 188 Å². The van der Waals surface area contributed by atoms with Gasteiger partial charge >= 0.3 is 5.97 Å². The molecule has 4 rings (SSSR count). The third-order valence-electron chi connectivity index (χ3n) is 12.5. The molecular formula is C49H76N2O17. The molecule has 19 nitrogen and oxygen atoms in total. The van der Waals surface area contributed by atoms with Crippen molar-refractivity contribution in [3.05, 3.63) is 85.1 Å². The van der Waals surface area contributed by atoms with Crippen molar-refractivity contribution in [2.24, 2.45) is 17.6 Å². The molecule has 0 spiro atoms. The predicted octanol–water partition coefficient (Wildman–Crippen LogP) is -0.368. The maximum Gasteiger partial charge on any atom is 0.308 e. The van der Waals surface area contributed by atoms with Gasteiger partial charge in [0.25, 0.3) is 0 Å². The Labute approximate surface area is 398 Å².